The summed E-state index contributed by atoms with van der Waals surface area (Å²) in [5, 5.41) is 12.6. The van der Waals surface area contributed by atoms with E-state index in [9.17, 15) is 5.11 Å². The monoisotopic (exact) mass is 323 g/mol. The van der Waals surface area contributed by atoms with E-state index < -0.39 is 0 Å². The highest BCUT2D eigenvalue weighted by Crippen LogP contribution is 2.48. The second-order valence-corrected chi connectivity index (χ2v) is 6.83. The third-order valence-electron chi connectivity index (χ3n) is 3.49. The van der Waals surface area contributed by atoms with Crippen molar-refractivity contribution in [3.8, 4) is 11.3 Å². The zero-order valence-electron chi connectivity index (χ0n) is 9.90. The van der Waals surface area contributed by atoms with Crippen molar-refractivity contribution in [2.24, 2.45) is 5.41 Å². The normalized spacial score (nSPS) is 16.8. The molecule has 0 radical (unpaired) electrons. The maximum atomic E-state index is 9.35. The summed E-state index contributed by atoms with van der Waals surface area (Å²) in [6, 6.07) is 8.19. The van der Waals surface area contributed by atoms with Crippen molar-refractivity contribution in [1.82, 2.24) is 4.98 Å². The van der Waals surface area contributed by atoms with Gasteiger partial charge in [0.15, 0.2) is 0 Å². The number of aliphatic hydroxyl groups is 1. The Labute approximate surface area is 119 Å². The molecular weight excluding hydrogens is 310 g/mol. The van der Waals surface area contributed by atoms with E-state index in [0.717, 1.165) is 40.0 Å². The predicted octanol–water partition coefficient (Wildman–Crippen LogP) is 3.89. The number of aromatic nitrogens is 1. The van der Waals surface area contributed by atoms with Crippen LogP contribution >= 0.6 is 27.3 Å². The van der Waals surface area contributed by atoms with Crippen molar-refractivity contribution >= 4 is 27.3 Å². The molecule has 1 aliphatic rings. The van der Waals surface area contributed by atoms with Crippen LogP contribution in [0.3, 0.4) is 0 Å². The molecule has 0 atom stereocenters. The Kier molecular flexibility index (Phi) is 3.26. The van der Waals surface area contributed by atoms with Crippen LogP contribution in [0.2, 0.25) is 0 Å². The smallest absolute Gasteiger partial charge is 0.0939 e. The second-order valence-electron chi connectivity index (χ2n) is 4.97. The first-order chi connectivity index (χ1) is 8.71. The van der Waals surface area contributed by atoms with E-state index in [4.69, 9.17) is 0 Å². The third kappa shape index (κ3) is 2.51. The van der Waals surface area contributed by atoms with Gasteiger partial charge in [-0.25, -0.2) is 4.98 Å². The average Bonchev–Trinajstić information content (AvgIpc) is 2.99. The second kappa shape index (κ2) is 4.76. The molecule has 4 heteroatoms. The Morgan fingerprint density at radius 2 is 2.22 bits per heavy atom. The lowest BCUT2D eigenvalue weighted by Gasteiger charge is -2.07. The Hall–Kier alpha value is -0.710. The molecule has 1 N–H and O–H groups in total. The standard InChI is InChI=1S/C14H14BrNOS/c15-11-3-1-2-10(6-11)12-8-18-13(16-12)7-14(9-17)4-5-14/h1-3,6,8,17H,4-5,7,9H2. The van der Waals surface area contributed by atoms with Crippen molar-refractivity contribution in [2.75, 3.05) is 6.61 Å². The first-order valence-corrected chi connectivity index (χ1v) is 7.69. The number of rotatable bonds is 4. The fourth-order valence-electron chi connectivity index (χ4n) is 2.06. The number of hydrogen-bond donors (Lipinski definition) is 1. The van der Waals surface area contributed by atoms with E-state index in [2.05, 4.69) is 38.4 Å². The molecule has 3 rings (SSSR count). The van der Waals surface area contributed by atoms with Crippen LogP contribution in [0.4, 0.5) is 0 Å². The Morgan fingerprint density at radius 1 is 1.39 bits per heavy atom. The van der Waals surface area contributed by atoms with E-state index in [-0.39, 0.29) is 5.41 Å². The first kappa shape index (κ1) is 12.3. The third-order valence-corrected chi connectivity index (χ3v) is 4.83. The van der Waals surface area contributed by atoms with E-state index in [1.165, 1.54) is 0 Å². The van der Waals surface area contributed by atoms with Gasteiger partial charge in [0.05, 0.1) is 10.7 Å². The van der Waals surface area contributed by atoms with E-state index in [0.29, 0.717) is 6.61 Å². The van der Waals surface area contributed by atoms with E-state index in [1.54, 1.807) is 11.3 Å². The van der Waals surface area contributed by atoms with Crippen molar-refractivity contribution in [1.29, 1.82) is 0 Å². The van der Waals surface area contributed by atoms with Gasteiger partial charge in [0.2, 0.25) is 0 Å². The topological polar surface area (TPSA) is 33.1 Å². The van der Waals surface area contributed by atoms with Crippen molar-refractivity contribution < 1.29 is 5.11 Å². The largest absolute Gasteiger partial charge is 0.396 e. The minimum absolute atomic E-state index is 0.145. The maximum absolute atomic E-state index is 9.35. The number of hydrogen-bond acceptors (Lipinski definition) is 3. The van der Waals surface area contributed by atoms with Crippen molar-refractivity contribution in [3.05, 3.63) is 39.1 Å². The summed E-state index contributed by atoms with van der Waals surface area (Å²) in [7, 11) is 0. The summed E-state index contributed by atoms with van der Waals surface area (Å²) in [6.07, 6.45) is 3.19. The zero-order valence-corrected chi connectivity index (χ0v) is 12.3. The number of nitrogens with zero attached hydrogens (tertiary/aromatic N) is 1. The molecule has 1 heterocycles. The van der Waals surface area contributed by atoms with Crippen LogP contribution in [0.25, 0.3) is 11.3 Å². The fraction of sp³-hybridized carbons (Fsp3) is 0.357. The number of aliphatic hydroxyl groups excluding tert-OH is 1. The number of benzene rings is 1. The highest BCUT2D eigenvalue weighted by molar-refractivity contribution is 9.10. The summed E-state index contributed by atoms with van der Waals surface area (Å²) in [5.41, 5.74) is 2.32. The van der Waals surface area contributed by atoms with Crippen LogP contribution in [-0.4, -0.2) is 16.7 Å². The van der Waals surface area contributed by atoms with Crippen LogP contribution < -0.4 is 0 Å². The van der Waals surface area contributed by atoms with Crippen LogP contribution in [0.1, 0.15) is 17.8 Å². The van der Waals surface area contributed by atoms with E-state index >= 15 is 0 Å². The Morgan fingerprint density at radius 3 is 2.89 bits per heavy atom. The quantitative estimate of drug-likeness (QED) is 0.926. The summed E-state index contributed by atoms with van der Waals surface area (Å²) in [4.78, 5) is 4.68. The molecule has 2 nitrogen and oxygen atoms in total. The summed E-state index contributed by atoms with van der Waals surface area (Å²) < 4.78 is 1.07. The average molecular weight is 324 g/mol. The van der Waals surface area contributed by atoms with Crippen molar-refractivity contribution in [3.63, 3.8) is 0 Å². The Balaban J connectivity index is 1.81. The number of halogens is 1. The predicted molar refractivity (Wildman–Crippen MR) is 77.7 cm³/mol. The molecule has 0 saturated heterocycles. The molecule has 2 aromatic rings. The van der Waals surface area contributed by atoms with Gasteiger partial charge in [0.25, 0.3) is 0 Å². The zero-order chi connectivity index (χ0) is 12.6. The van der Waals surface area contributed by atoms with E-state index in [1.807, 2.05) is 12.1 Å². The fourth-order valence-corrected chi connectivity index (χ4v) is 3.44. The molecule has 1 saturated carbocycles. The van der Waals surface area contributed by atoms with Crippen molar-refractivity contribution in [2.45, 2.75) is 19.3 Å². The first-order valence-electron chi connectivity index (χ1n) is 6.02. The SMILES string of the molecule is OCC1(Cc2nc(-c3cccc(Br)c3)cs2)CC1. The summed E-state index contributed by atoms with van der Waals surface area (Å²) in [5.74, 6) is 0. The van der Waals surface area contributed by atoms with Gasteiger partial charge in [0, 0.05) is 28.4 Å². The molecule has 0 spiro atoms. The molecule has 1 aliphatic carbocycles. The van der Waals surface area contributed by atoms with Crippen LogP contribution in [-0.2, 0) is 6.42 Å². The van der Waals surface area contributed by atoms with Gasteiger partial charge >= 0.3 is 0 Å². The lowest BCUT2D eigenvalue weighted by molar-refractivity contribution is 0.211. The highest BCUT2D eigenvalue weighted by atomic mass is 79.9. The van der Waals surface area contributed by atoms with Crippen LogP contribution in [0, 0.1) is 5.41 Å². The molecule has 1 aromatic carbocycles. The molecule has 1 fully saturated rings. The van der Waals surface area contributed by atoms with Gasteiger partial charge in [-0.15, -0.1) is 11.3 Å². The molecule has 1 aromatic heterocycles. The van der Waals surface area contributed by atoms with Gasteiger partial charge < -0.3 is 5.11 Å². The molecular formula is C14H14BrNOS. The summed E-state index contributed by atoms with van der Waals surface area (Å²) >= 11 is 5.17. The van der Waals surface area contributed by atoms with Gasteiger partial charge in [0.1, 0.15) is 0 Å². The molecule has 0 unspecified atom stereocenters. The van der Waals surface area contributed by atoms with Gasteiger partial charge in [-0.05, 0) is 30.4 Å². The minimum atomic E-state index is 0.145. The summed E-state index contributed by atoms with van der Waals surface area (Å²) in [6.45, 7) is 0.290. The van der Waals surface area contributed by atoms with Gasteiger partial charge in [-0.2, -0.15) is 0 Å². The molecule has 0 amide bonds. The minimum Gasteiger partial charge on any atom is -0.396 e. The van der Waals surface area contributed by atoms with Crippen LogP contribution in [0.15, 0.2) is 34.1 Å². The molecule has 94 valence electrons. The van der Waals surface area contributed by atoms with Crippen LogP contribution in [0.5, 0.6) is 0 Å². The number of thiazole rings is 1. The van der Waals surface area contributed by atoms with Gasteiger partial charge in [-0.3, -0.25) is 0 Å². The lowest BCUT2D eigenvalue weighted by Crippen LogP contribution is -2.09. The molecule has 0 aliphatic heterocycles. The van der Waals surface area contributed by atoms with Gasteiger partial charge in [-0.1, -0.05) is 28.1 Å². The maximum Gasteiger partial charge on any atom is 0.0939 e. The molecule has 18 heavy (non-hydrogen) atoms. The lowest BCUT2D eigenvalue weighted by atomic mass is 10.1. The molecule has 0 bridgehead atoms. The Bertz CT molecular complexity index is 562. The highest BCUT2D eigenvalue weighted by Gasteiger charge is 2.42.